The van der Waals surface area contributed by atoms with Crippen molar-refractivity contribution in [3.05, 3.63) is 59.7 Å². The van der Waals surface area contributed by atoms with Crippen LogP contribution in [-0.2, 0) is 18.9 Å². The van der Waals surface area contributed by atoms with Crippen molar-refractivity contribution in [1.29, 1.82) is 0 Å². The van der Waals surface area contributed by atoms with Gasteiger partial charge in [-0.1, -0.05) is 35.4 Å². The normalized spacial score (nSPS) is 24.7. The molecule has 2 aliphatic rings. The molecule has 30 heavy (non-hydrogen) atoms. The Balaban J connectivity index is 1.27. The largest absolute Gasteiger partial charge is 0.441 e. The van der Waals surface area contributed by atoms with E-state index in [-0.39, 0.29) is 13.2 Å². The molecule has 8 nitrogen and oxygen atoms in total. The first-order valence-corrected chi connectivity index (χ1v) is 9.80. The minimum Gasteiger partial charge on any atom is -0.441 e. The van der Waals surface area contributed by atoms with Crippen molar-refractivity contribution in [2.24, 2.45) is 0 Å². The van der Waals surface area contributed by atoms with E-state index < -0.39 is 36.6 Å². The van der Waals surface area contributed by atoms with Crippen LogP contribution in [0.1, 0.15) is 11.1 Å². The van der Waals surface area contributed by atoms with Crippen LogP contribution in [0.5, 0.6) is 0 Å². The maximum atomic E-state index is 12.2. The Kier molecular flexibility index (Phi) is 5.87. The van der Waals surface area contributed by atoms with E-state index in [4.69, 9.17) is 18.9 Å². The molecule has 0 bridgehead atoms. The molecular weight excluding hydrogens is 388 g/mol. The van der Waals surface area contributed by atoms with E-state index in [0.29, 0.717) is 11.4 Å². The third kappa shape index (κ3) is 4.72. The standard InChI is InChI=1S/C22H24N2O6/c1-13-3-7-15(8-4-13)23-21(25)29-17-11-27-20-18(12-28-19(17)20)30-22(26)24-16-9-5-14(2)6-10-16/h3-10,17-20H,11-12H2,1-2H3,(H,23,25)(H,24,26)/t17-,18-,19-,20+/m0/s1. The second kappa shape index (κ2) is 8.73. The summed E-state index contributed by atoms with van der Waals surface area (Å²) < 4.78 is 22.3. The Morgan fingerprint density at radius 2 is 1.10 bits per heavy atom. The van der Waals surface area contributed by atoms with E-state index in [1.54, 1.807) is 24.3 Å². The van der Waals surface area contributed by atoms with Crippen LogP contribution >= 0.6 is 0 Å². The van der Waals surface area contributed by atoms with Crippen molar-refractivity contribution in [2.75, 3.05) is 23.8 Å². The number of hydrogen-bond acceptors (Lipinski definition) is 6. The van der Waals surface area contributed by atoms with Gasteiger partial charge in [0.15, 0.2) is 12.2 Å². The van der Waals surface area contributed by atoms with E-state index >= 15 is 0 Å². The zero-order valence-corrected chi connectivity index (χ0v) is 16.8. The highest BCUT2D eigenvalue weighted by atomic mass is 16.7. The third-order valence-corrected chi connectivity index (χ3v) is 5.08. The molecule has 0 radical (unpaired) electrons. The van der Waals surface area contributed by atoms with Gasteiger partial charge in [0.2, 0.25) is 0 Å². The van der Waals surface area contributed by atoms with Crippen LogP contribution in [0.2, 0.25) is 0 Å². The van der Waals surface area contributed by atoms with Gasteiger partial charge in [-0.15, -0.1) is 0 Å². The molecule has 4 rings (SSSR count). The van der Waals surface area contributed by atoms with Crippen molar-refractivity contribution < 1.29 is 28.5 Å². The van der Waals surface area contributed by atoms with Crippen molar-refractivity contribution in [3.63, 3.8) is 0 Å². The molecule has 2 aromatic carbocycles. The number of hydrogen-bond donors (Lipinski definition) is 2. The number of aryl methyl sites for hydroxylation is 2. The number of carbonyl (C=O) groups is 2. The smallest absolute Gasteiger partial charge is 0.412 e. The maximum absolute atomic E-state index is 12.2. The van der Waals surface area contributed by atoms with Crippen LogP contribution in [0, 0.1) is 13.8 Å². The lowest BCUT2D eigenvalue weighted by Crippen LogP contribution is -2.37. The average molecular weight is 412 g/mol. The van der Waals surface area contributed by atoms with Crippen LogP contribution in [0.25, 0.3) is 0 Å². The highest BCUT2D eigenvalue weighted by Gasteiger charge is 2.51. The summed E-state index contributed by atoms with van der Waals surface area (Å²) in [5.41, 5.74) is 3.47. The Bertz CT molecular complexity index is 823. The Labute approximate surface area is 174 Å². The van der Waals surface area contributed by atoms with Gasteiger partial charge >= 0.3 is 12.2 Å². The molecule has 2 aromatic rings. The van der Waals surface area contributed by atoms with Gasteiger partial charge in [0.05, 0.1) is 13.2 Å². The molecule has 0 saturated carbocycles. The second-order valence-corrected chi connectivity index (χ2v) is 7.47. The monoisotopic (exact) mass is 412 g/mol. The van der Waals surface area contributed by atoms with Crippen molar-refractivity contribution in [3.8, 4) is 0 Å². The molecule has 2 heterocycles. The number of rotatable bonds is 4. The quantitative estimate of drug-likeness (QED) is 0.796. The van der Waals surface area contributed by atoms with E-state index in [2.05, 4.69) is 10.6 Å². The van der Waals surface area contributed by atoms with Crippen LogP contribution in [0.3, 0.4) is 0 Å². The molecule has 2 aliphatic heterocycles. The Morgan fingerprint density at radius 1 is 0.733 bits per heavy atom. The summed E-state index contributed by atoms with van der Waals surface area (Å²) >= 11 is 0. The number of anilines is 2. The van der Waals surface area contributed by atoms with E-state index in [1.807, 2.05) is 38.1 Å². The number of carbonyl (C=O) groups excluding carboxylic acids is 2. The third-order valence-electron chi connectivity index (χ3n) is 5.08. The van der Waals surface area contributed by atoms with Gasteiger partial charge in [-0.05, 0) is 38.1 Å². The first kappa shape index (κ1) is 20.2. The van der Waals surface area contributed by atoms with Crippen LogP contribution in [-0.4, -0.2) is 49.8 Å². The molecule has 8 heteroatoms. The fourth-order valence-electron chi connectivity index (χ4n) is 3.47. The first-order valence-electron chi connectivity index (χ1n) is 9.80. The van der Waals surface area contributed by atoms with E-state index in [1.165, 1.54) is 0 Å². The maximum Gasteiger partial charge on any atom is 0.412 e. The lowest BCUT2D eigenvalue weighted by molar-refractivity contribution is -0.00697. The van der Waals surface area contributed by atoms with E-state index in [9.17, 15) is 9.59 Å². The molecular formula is C22H24N2O6. The number of nitrogens with one attached hydrogen (secondary N) is 2. The van der Waals surface area contributed by atoms with Crippen LogP contribution in [0.15, 0.2) is 48.5 Å². The molecule has 0 aliphatic carbocycles. The predicted octanol–water partition coefficient (Wildman–Crippen LogP) is 3.64. The molecule has 4 atom stereocenters. The van der Waals surface area contributed by atoms with Gasteiger partial charge in [-0.25, -0.2) is 9.59 Å². The highest BCUT2D eigenvalue weighted by Crippen LogP contribution is 2.31. The molecule has 158 valence electrons. The summed E-state index contributed by atoms with van der Waals surface area (Å²) in [5, 5.41) is 5.37. The van der Waals surface area contributed by atoms with Crippen LogP contribution in [0.4, 0.5) is 21.0 Å². The topological polar surface area (TPSA) is 95.1 Å². The molecule has 2 amide bonds. The average Bonchev–Trinajstić information content (AvgIpc) is 3.29. The van der Waals surface area contributed by atoms with Gasteiger partial charge in [0.1, 0.15) is 12.2 Å². The fraction of sp³-hybridized carbons (Fsp3) is 0.364. The van der Waals surface area contributed by atoms with E-state index in [0.717, 1.165) is 11.1 Å². The minimum absolute atomic E-state index is 0.177. The van der Waals surface area contributed by atoms with Gasteiger partial charge < -0.3 is 18.9 Å². The summed E-state index contributed by atoms with van der Waals surface area (Å²) in [6, 6.07) is 14.8. The fourth-order valence-corrected chi connectivity index (χ4v) is 3.47. The zero-order valence-electron chi connectivity index (χ0n) is 16.8. The predicted molar refractivity (Wildman–Crippen MR) is 110 cm³/mol. The summed E-state index contributed by atoms with van der Waals surface area (Å²) in [6.07, 6.45) is -3.28. The highest BCUT2D eigenvalue weighted by molar-refractivity contribution is 5.85. The Morgan fingerprint density at radius 3 is 1.47 bits per heavy atom. The molecule has 0 aromatic heterocycles. The van der Waals surface area contributed by atoms with Gasteiger partial charge in [-0.3, -0.25) is 10.6 Å². The number of benzene rings is 2. The summed E-state index contributed by atoms with van der Waals surface area (Å²) in [7, 11) is 0. The summed E-state index contributed by atoms with van der Waals surface area (Å²) in [6.45, 7) is 4.29. The number of ether oxygens (including phenoxy) is 4. The zero-order chi connectivity index (χ0) is 21.1. The lowest BCUT2D eigenvalue weighted by atomic mass is 10.1. The van der Waals surface area contributed by atoms with Gasteiger partial charge in [0, 0.05) is 11.4 Å². The van der Waals surface area contributed by atoms with Crippen molar-refractivity contribution >= 4 is 23.6 Å². The molecule has 2 fully saturated rings. The molecule has 2 N–H and O–H groups in total. The Hall–Kier alpha value is -3.10. The summed E-state index contributed by atoms with van der Waals surface area (Å²) in [5.74, 6) is 0. The summed E-state index contributed by atoms with van der Waals surface area (Å²) in [4.78, 5) is 24.4. The minimum atomic E-state index is -0.585. The van der Waals surface area contributed by atoms with Gasteiger partial charge in [0.25, 0.3) is 0 Å². The first-order chi connectivity index (χ1) is 14.5. The van der Waals surface area contributed by atoms with Crippen molar-refractivity contribution in [2.45, 2.75) is 38.3 Å². The van der Waals surface area contributed by atoms with Crippen molar-refractivity contribution in [1.82, 2.24) is 0 Å². The molecule has 2 saturated heterocycles. The SMILES string of the molecule is Cc1ccc(NC(=O)O[C@H]2CO[C@H]3[C@H]2OC[C@@H]3OC(=O)Nc2ccc(C)cc2)cc1. The van der Waals surface area contributed by atoms with Gasteiger partial charge in [-0.2, -0.15) is 0 Å². The lowest BCUT2D eigenvalue weighted by Gasteiger charge is -2.17. The molecule has 0 spiro atoms. The second-order valence-electron chi connectivity index (χ2n) is 7.47. The molecule has 0 unspecified atom stereocenters. The number of amides is 2. The number of fused-ring (bicyclic) bond motifs is 1. The van der Waals surface area contributed by atoms with Crippen LogP contribution < -0.4 is 10.6 Å².